The minimum absolute atomic E-state index is 0.0331. The van der Waals surface area contributed by atoms with Crippen LogP contribution in [0.15, 0.2) is 12.3 Å². The van der Waals surface area contributed by atoms with Gasteiger partial charge in [-0.1, -0.05) is 11.6 Å². The lowest BCUT2D eigenvalue weighted by Crippen LogP contribution is -2.30. The molecule has 0 spiro atoms. The third kappa shape index (κ3) is 2.07. The first-order chi connectivity index (χ1) is 10.6. The van der Waals surface area contributed by atoms with E-state index in [0.29, 0.717) is 11.4 Å². The summed E-state index contributed by atoms with van der Waals surface area (Å²) < 4.78 is 20.0. The van der Waals surface area contributed by atoms with Gasteiger partial charge >= 0.3 is 0 Å². The second-order valence-corrected chi connectivity index (χ2v) is 6.85. The molecule has 1 aromatic carbocycles. The number of aromatic nitrogens is 2. The molecule has 2 fully saturated rings. The van der Waals surface area contributed by atoms with Crippen LogP contribution in [0.2, 0.25) is 5.02 Å². The molecule has 0 amide bonds. The summed E-state index contributed by atoms with van der Waals surface area (Å²) in [6, 6.07) is 1.54. The van der Waals surface area contributed by atoms with Crippen LogP contribution in [0, 0.1) is 17.2 Å². The lowest BCUT2D eigenvalue weighted by atomic mass is 9.76. The van der Waals surface area contributed by atoms with E-state index in [1.807, 2.05) is 0 Å². The fraction of sp³-hybridized carbons (Fsp3) is 0.562. The Hall–Kier alpha value is -1.17. The number of aliphatic hydroxyl groups is 1. The van der Waals surface area contributed by atoms with Gasteiger partial charge in [-0.2, -0.15) is 5.10 Å². The van der Waals surface area contributed by atoms with Crippen molar-refractivity contribution in [1.29, 1.82) is 0 Å². The number of ether oxygens (including phenoxy) is 1. The van der Waals surface area contributed by atoms with Crippen molar-refractivity contribution in [2.45, 2.75) is 31.8 Å². The molecule has 2 heterocycles. The molecule has 118 valence electrons. The summed E-state index contributed by atoms with van der Waals surface area (Å²) in [4.78, 5) is 0. The molecule has 1 atom stereocenters. The molecule has 0 bridgehead atoms. The molecule has 6 heteroatoms. The number of hydrogen-bond acceptors (Lipinski definition) is 3. The number of rotatable bonds is 3. The summed E-state index contributed by atoms with van der Waals surface area (Å²) >= 11 is 6.00. The zero-order valence-corrected chi connectivity index (χ0v) is 12.9. The SMILES string of the molecule is OC(c1c(F)c(Cl)cc2cn[nH]c12)C1(C2CCOCC2)CC1. The Kier molecular flexibility index (Phi) is 3.40. The minimum Gasteiger partial charge on any atom is -0.388 e. The number of aromatic amines is 1. The predicted molar refractivity (Wildman–Crippen MR) is 81.2 cm³/mol. The summed E-state index contributed by atoms with van der Waals surface area (Å²) in [7, 11) is 0. The third-order valence-electron chi connectivity index (χ3n) is 5.35. The monoisotopic (exact) mass is 324 g/mol. The van der Waals surface area contributed by atoms with Crippen LogP contribution in [0.4, 0.5) is 4.39 Å². The van der Waals surface area contributed by atoms with Gasteiger partial charge in [0.25, 0.3) is 0 Å². The van der Waals surface area contributed by atoms with Crippen molar-refractivity contribution < 1.29 is 14.2 Å². The van der Waals surface area contributed by atoms with Crippen LogP contribution < -0.4 is 0 Å². The van der Waals surface area contributed by atoms with Crippen LogP contribution in [0.3, 0.4) is 0 Å². The molecular formula is C16H18ClFN2O2. The first kappa shape index (κ1) is 14.4. The van der Waals surface area contributed by atoms with Gasteiger partial charge in [0.15, 0.2) is 0 Å². The lowest BCUT2D eigenvalue weighted by Gasteiger charge is -2.34. The zero-order valence-electron chi connectivity index (χ0n) is 12.1. The molecule has 4 nitrogen and oxygen atoms in total. The van der Waals surface area contributed by atoms with Crippen molar-refractivity contribution in [1.82, 2.24) is 10.2 Å². The first-order valence-corrected chi connectivity index (χ1v) is 8.08. The molecule has 1 aromatic heterocycles. The van der Waals surface area contributed by atoms with Crippen molar-refractivity contribution >= 4 is 22.5 Å². The Morgan fingerprint density at radius 2 is 2.14 bits per heavy atom. The third-order valence-corrected chi connectivity index (χ3v) is 5.62. The van der Waals surface area contributed by atoms with Gasteiger partial charge in [0.2, 0.25) is 0 Å². The molecule has 4 rings (SSSR count). The second-order valence-electron chi connectivity index (χ2n) is 6.44. The van der Waals surface area contributed by atoms with Gasteiger partial charge in [0.05, 0.1) is 22.8 Å². The van der Waals surface area contributed by atoms with Gasteiger partial charge in [-0.3, -0.25) is 5.10 Å². The smallest absolute Gasteiger partial charge is 0.149 e. The van der Waals surface area contributed by atoms with Gasteiger partial charge < -0.3 is 9.84 Å². The number of fused-ring (bicyclic) bond motifs is 1. The van der Waals surface area contributed by atoms with Crippen molar-refractivity contribution in [3.63, 3.8) is 0 Å². The number of benzene rings is 1. The van der Waals surface area contributed by atoms with Crippen LogP contribution in [-0.2, 0) is 4.74 Å². The summed E-state index contributed by atoms with van der Waals surface area (Å²) in [5.74, 6) is -0.170. The number of nitrogens with one attached hydrogen (secondary N) is 1. The lowest BCUT2D eigenvalue weighted by molar-refractivity contribution is -0.0103. The van der Waals surface area contributed by atoms with E-state index in [-0.39, 0.29) is 16.0 Å². The van der Waals surface area contributed by atoms with E-state index in [4.69, 9.17) is 16.3 Å². The molecule has 1 saturated heterocycles. The van der Waals surface area contributed by atoms with Crippen molar-refractivity contribution in [3.8, 4) is 0 Å². The second kappa shape index (κ2) is 5.18. The van der Waals surface area contributed by atoms with Gasteiger partial charge in [0, 0.05) is 29.6 Å². The Morgan fingerprint density at radius 1 is 1.41 bits per heavy atom. The standard InChI is InChI=1S/C16H18ClFN2O2/c17-11-7-9-8-19-20-14(9)12(13(11)18)15(21)16(3-4-16)10-1-5-22-6-2-10/h7-8,10,15,21H,1-6H2,(H,19,20). The van der Waals surface area contributed by atoms with E-state index < -0.39 is 11.9 Å². The number of halogens is 2. The van der Waals surface area contributed by atoms with Crippen molar-refractivity contribution in [2.75, 3.05) is 13.2 Å². The van der Waals surface area contributed by atoms with E-state index in [1.54, 1.807) is 12.3 Å². The van der Waals surface area contributed by atoms with Crippen LogP contribution in [-0.4, -0.2) is 28.5 Å². The van der Waals surface area contributed by atoms with Crippen molar-refractivity contribution in [3.05, 3.63) is 28.7 Å². The highest BCUT2D eigenvalue weighted by atomic mass is 35.5. The molecule has 2 N–H and O–H groups in total. The van der Waals surface area contributed by atoms with E-state index in [2.05, 4.69) is 10.2 Å². The number of hydrogen-bond donors (Lipinski definition) is 2. The van der Waals surface area contributed by atoms with Crippen LogP contribution in [0.1, 0.15) is 37.4 Å². The Bertz CT molecular complexity index is 707. The maximum absolute atomic E-state index is 14.6. The Labute approximate surface area is 132 Å². The van der Waals surface area contributed by atoms with E-state index in [9.17, 15) is 9.50 Å². The Morgan fingerprint density at radius 3 is 2.82 bits per heavy atom. The topological polar surface area (TPSA) is 58.1 Å². The normalized spacial score (nSPS) is 22.9. The number of nitrogens with zero attached hydrogens (tertiary/aromatic N) is 1. The maximum atomic E-state index is 14.6. The highest BCUT2D eigenvalue weighted by Crippen LogP contribution is 2.63. The highest BCUT2D eigenvalue weighted by molar-refractivity contribution is 6.31. The summed E-state index contributed by atoms with van der Waals surface area (Å²) in [5.41, 5.74) is 0.574. The summed E-state index contributed by atoms with van der Waals surface area (Å²) in [6.07, 6.45) is 4.42. The van der Waals surface area contributed by atoms with Crippen molar-refractivity contribution in [2.24, 2.45) is 11.3 Å². The quantitative estimate of drug-likeness (QED) is 0.907. The van der Waals surface area contributed by atoms with Gasteiger partial charge in [-0.25, -0.2) is 4.39 Å². The van der Waals surface area contributed by atoms with E-state index in [0.717, 1.165) is 44.3 Å². The molecule has 0 radical (unpaired) electrons. The molecule has 1 aliphatic heterocycles. The fourth-order valence-corrected chi connectivity index (χ4v) is 4.14. The molecule has 1 unspecified atom stereocenters. The van der Waals surface area contributed by atoms with Crippen LogP contribution in [0.5, 0.6) is 0 Å². The largest absolute Gasteiger partial charge is 0.388 e. The summed E-state index contributed by atoms with van der Waals surface area (Å²) in [5, 5.41) is 18.5. The average Bonchev–Trinajstić information content (AvgIpc) is 3.23. The van der Waals surface area contributed by atoms with Gasteiger partial charge in [0.1, 0.15) is 5.82 Å². The van der Waals surface area contributed by atoms with Crippen LogP contribution >= 0.6 is 11.6 Å². The average molecular weight is 325 g/mol. The maximum Gasteiger partial charge on any atom is 0.149 e. The molecule has 2 aromatic rings. The van der Waals surface area contributed by atoms with Gasteiger partial charge in [-0.15, -0.1) is 0 Å². The molecule has 22 heavy (non-hydrogen) atoms. The number of H-pyrrole nitrogens is 1. The zero-order chi connectivity index (χ0) is 15.3. The first-order valence-electron chi connectivity index (χ1n) is 7.70. The predicted octanol–water partition coefficient (Wildman–Crippen LogP) is 3.60. The van der Waals surface area contributed by atoms with Crippen LogP contribution in [0.25, 0.3) is 10.9 Å². The van der Waals surface area contributed by atoms with E-state index >= 15 is 0 Å². The minimum atomic E-state index is -0.864. The highest BCUT2D eigenvalue weighted by Gasteiger charge is 2.55. The molecule has 1 aliphatic carbocycles. The summed E-state index contributed by atoms with van der Waals surface area (Å²) in [6.45, 7) is 1.44. The molecular weight excluding hydrogens is 307 g/mol. The Balaban J connectivity index is 1.78. The fourth-order valence-electron chi connectivity index (χ4n) is 3.92. The molecule has 1 saturated carbocycles. The van der Waals surface area contributed by atoms with E-state index in [1.165, 1.54) is 0 Å². The van der Waals surface area contributed by atoms with Gasteiger partial charge in [-0.05, 0) is 37.7 Å². The number of aliphatic hydroxyl groups excluding tert-OH is 1. The molecule has 2 aliphatic rings.